The van der Waals surface area contributed by atoms with Gasteiger partial charge in [-0.05, 0) is 17.7 Å². The number of hydrogen-bond acceptors (Lipinski definition) is 5. The number of carbonyl (C=O) groups excluding carboxylic acids is 1. The van der Waals surface area contributed by atoms with Gasteiger partial charge >= 0.3 is 0 Å². The molecule has 1 unspecified atom stereocenters. The lowest BCUT2D eigenvalue weighted by atomic mass is 10.0. The second-order valence-corrected chi connectivity index (χ2v) is 6.37. The normalized spacial score (nSPS) is 15.9. The summed E-state index contributed by atoms with van der Waals surface area (Å²) >= 11 is 0. The summed E-state index contributed by atoms with van der Waals surface area (Å²) in [4.78, 5) is 18.3. The standard InChI is InChI=1S/C19H30FN5O3.HI/c1-21-19(24-14-18(26)22-7-10-27-2)23-13-17(25-8-11-28-12-9-25)15-3-5-16(20)6-4-15;/h3-6,17H,7-14H2,1-2H3,(H,22,26)(H2,21,23,24);1H. The maximum absolute atomic E-state index is 13.3. The summed E-state index contributed by atoms with van der Waals surface area (Å²) in [6.45, 7) is 4.57. The van der Waals surface area contributed by atoms with Gasteiger partial charge in [0.2, 0.25) is 5.91 Å². The lowest BCUT2D eigenvalue weighted by Crippen LogP contribution is -2.48. The zero-order valence-electron chi connectivity index (χ0n) is 16.9. The Morgan fingerprint density at radius 1 is 1.24 bits per heavy atom. The molecule has 0 bridgehead atoms. The van der Waals surface area contributed by atoms with Gasteiger partial charge in [0.15, 0.2) is 5.96 Å². The van der Waals surface area contributed by atoms with Crippen LogP contribution in [0.5, 0.6) is 0 Å². The van der Waals surface area contributed by atoms with Gasteiger partial charge in [0, 0.05) is 40.3 Å². The largest absolute Gasteiger partial charge is 0.383 e. The van der Waals surface area contributed by atoms with E-state index in [1.165, 1.54) is 12.1 Å². The summed E-state index contributed by atoms with van der Waals surface area (Å²) in [6, 6.07) is 6.59. The third-order valence-corrected chi connectivity index (χ3v) is 4.47. The van der Waals surface area contributed by atoms with Crippen molar-refractivity contribution in [2.75, 3.05) is 66.7 Å². The smallest absolute Gasteiger partial charge is 0.239 e. The monoisotopic (exact) mass is 523 g/mol. The van der Waals surface area contributed by atoms with E-state index in [1.54, 1.807) is 26.3 Å². The minimum absolute atomic E-state index is 0. The number of rotatable bonds is 9. The molecule has 2 rings (SSSR count). The van der Waals surface area contributed by atoms with Crippen molar-refractivity contribution in [3.05, 3.63) is 35.6 Å². The number of aliphatic imine (C=N–C) groups is 1. The van der Waals surface area contributed by atoms with Crippen LogP contribution in [0.15, 0.2) is 29.3 Å². The fourth-order valence-electron chi connectivity index (χ4n) is 2.96. The van der Waals surface area contributed by atoms with Crippen molar-refractivity contribution in [3.63, 3.8) is 0 Å². The molecule has 0 aliphatic carbocycles. The van der Waals surface area contributed by atoms with E-state index in [2.05, 4.69) is 25.8 Å². The van der Waals surface area contributed by atoms with Gasteiger partial charge in [0.25, 0.3) is 0 Å². The molecule has 0 saturated carbocycles. The van der Waals surface area contributed by atoms with Crippen LogP contribution in [0, 0.1) is 5.82 Å². The number of morpholine rings is 1. The molecule has 1 atom stereocenters. The molecule has 0 radical (unpaired) electrons. The first kappa shape index (κ1) is 25.5. The van der Waals surface area contributed by atoms with Gasteiger partial charge in [-0.15, -0.1) is 24.0 Å². The van der Waals surface area contributed by atoms with Gasteiger partial charge in [-0.3, -0.25) is 14.7 Å². The number of carbonyl (C=O) groups is 1. The Balaban J connectivity index is 0.00000420. The highest BCUT2D eigenvalue weighted by molar-refractivity contribution is 14.0. The van der Waals surface area contributed by atoms with Crippen molar-refractivity contribution in [3.8, 4) is 0 Å². The first-order valence-electron chi connectivity index (χ1n) is 9.41. The zero-order chi connectivity index (χ0) is 20.2. The van der Waals surface area contributed by atoms with Crippen LogP contribution >= 0.6 is 24.0 Å². The Hall–Kier alpha value is -1.50. The van der Waals surface area contributed by atoms with Crippen molar-refractivity contribution < 1.29 is 18.7 Å². The van der Waals surface area contributed by atoms with E-state index in [0.717, 1.165) is 18.7 Å². The highest BCUT2D eigenvalue weighted by Crippen LogP contribution is 2.21. The summed E-state index contributed by atoms with van der Waals surface area (Å²) in [5, 5.41) is 9.00. The molecular formula is C19H31FIN5O3. The predicted molar refractivity (Wildman–Crippen MR) is 121 cm³/mol. The fraction of sp³-hybridized carbons (Fsp3) is 0.579. The molecule has 8 nitrogen and oxygen atoms in total. The van der Waals surface area contributed by atoms with Crippen molar-refractivity contribution in [2.24, 2.45) is 4.99 Å². The summed E-state index contributed by atoms with van der Waals surface area (Å²) in [5.74, 6) is 0.139. The fourth-order valence-corrected chi connectivity index (χ4v) is 2.96. The van der Waals surface area contributed by atoms with E-state index in [-0.39, 0.29) is 48.3 Å². The Labute approximate surface area is 188 Å². The number of amides is 1. The molecule has 29 heavy (non-hydrogen) atoms. The minimum atomic E-state index is -0.255. The maximum Gasteiger partial charge on any atom is 0.239 e. The molecule has 1 aliphatic heterocycles. The first-order valence-corrected chi connectivity index (χ1v) is 9.41. The van der Waals surface area contributed by atoms with Crippen LogP contribution in [0.3, 0.4) is 0 Å². The van der Waals surface area contributed by atoms with E-state index < -0.39 is 0 Å². The molecule has 3 N–H and O–H groups in total. The Kier molecular flexibility index (Phi) is 12.7. The highest BCUT2D eigenvalue weighted by Gasteiger charge is 2.23. The van der Waals surface area contributed by atoms with E-state index in [1.807, 2.05) is 0 Å². The maximum atomic E-state index is 13.3. The third kappa shape index (κ3) is 9.24. The summed E-state index contributed by atoms with van der Waals surface area (Å²) < 4.78 is 23.7. The van der Waals surface area contributed by atoms with Crippen molar-refractivity contribution >= 4 is 35.8 Å². The number of ether oxygens (including phenoxy) is 2. The Bertz CT molecular complexity index is 627. The van der Waals surface area contributed by atoms with Crippen LogP contribution in [0.4, 0.5) is 4.39 Å². The van der Waals surface area contributed by atoms with Gasteiger partial charge in [0.05, 0.1) is 32.4 Å². The van der Waals surface area contributed by atoms with Crippen LogP contribution in [0.1, 0.15) is 11.6 Å². The van der Waals surface area contributed by atoms with Crippen LogP contribution in [-0.2, 0) is 14.3 Å². The number of hydrogen-bond donors (Lipinski definition) is 3. The number of halogens is 2. The third-order valence-electron chi connectivity index (χ3n) is 4.47. The number of benzene rings is 1. The van der Waals surface area contributed by atoms with E-state index in [0.29, 0.717) is 38.9 Å². The topological polar surface area (TPSA) is 87.2 Å². The molecule has 164 valence electrons. The number of nitrogens with zero attached hydrogens (tertiary/aromatic N) is 2. The van der Waals surface area contributed by atoms with E-state index in [4.69, 9.17) is 9.47 Å². The minimum Gasteiger partial charge on any atom is -0.383 e. The van der Waals surface area contributed by atoms with Crippen molar-refractivity contribution in [1.29, 1.82) is 0 Å². The zero-order valence-corrected chi connectivity index (χ0v) is 19.3. The van der Waals surface area contributed by atoms with Crippen molar-refractivity contribution in [1.82, 2.24) is 20.9 Å². The molecule has 1 aliphatic rings. The lowest BCUT2D eigenvalue weighted by Gasteiger charge is -2.35. The summed E-state index contributed by atoms with van der Waals surface area (Å²) in [6.07, 6.45) is 0. The van der Waals surface area contributed by atoms with Gasteiger partial charge in [-0.2, -0.15) is 0 Å². The average molecular weight is 523 g/mol. The summed E-state index contributed by atoms with van der Waals surface area (Å²) in [5.41, 5.74) is 1.02. The van der Waals surface area contributed by atoms with Gasteiger partial charge in [0.1, 0.15) is 5.82 Å². The number of guanidine groups is 1. The molecule has 1 fully saturated rings. The van der Waals surface area contributed by atoms with Crippen LogP contribution in [0.2, 0.25) is 0 Å². The van der Waals surface area contributed by atoms with Gasteiger partial charge < -0.3 is 25.4 Å². The van der Waals surface area contributed by atoms with Crippen LogP contribution in [-0.4, -0.2) is 83.5 Å². The van der Waals surface area contributed by atoms with E-state index in [9.17, 15) is 9.18 Å². The molecule has 1 heterocycles. The molecule has 1 aromatic rings. The summed E-state index contributed by atoms with van der Waals surface area (Å²) in [7, 11) is 3.24. The predicted octanol–water partition coefficient (Wildman–Crippen LogP) is 0.745. The number of methoxy groups -OCH3 is 1. The van der Waals surface area contributed by atoms with Gasteiger partial charge in [-0.1, -0.05) is 12.1 Å². The van der Waals surface area contributed by atoms with E-state index >= 15 is 0 Å². The number of nitrogens with one attached hydrogen (secondary N) is 3. The SMILES string of the molecule is CN=C(NCC(=O)NCCOC)NCC(c1ccc(F)cc1)N1CCOCC1.I. The molecule has 1 amide bonds. The lowest BCUT2D eigenvalue weighted by molar-refractivity contribution is -0.120. The second kappa shape index (κ2) is 14.5. The molecule has 0 aromatic heterocycles. The Morgan fingerprint density at radius 3 is 2.55 bits per heavy atom. The molecule has 1 aromatic carbocycles. The molecule has 1 saturated heterocycles. The van der Waals surface area contributed by atoms with Gasteiger partial charge in [-0.25, -0.2) is 4.39 Å². The quantitative estimate of drug-likeness (QED) is 0.192. The van der Waals surface area contributed by atoms with Crippen LogP contribution < -0.4 is 16.0 Å². The Morgan fingerprint density at radius 2 is 1.93 bits per heavy atom. The average Bonchev–Trinajstić information content (AvgIpc) is 2.72. The first-order chi connectivity index (χ1) is 13.6. The molecule has 0 spiro atoms. The molecule has 10 heteroatoms. The molecular weight excluding hydrogens is 492 g/mol. The highest BCUT2D eigenvalue weighted by atomic mass is 127. The van der Waals surface area contributed by atoms with Crippen LogP contribution in [0.25, 0.3) is 0 Å². The van der Waals surface area contributed by atoms with Crippen molar-refractivity contribution in [2.45, 2.75) is 6.04 Å². The second-order valence-electron chi connectivity index (χ2n) is 6.37.